The van der Waals surface area contributed by atoms with E-state index in [-0.39, 0.29) is 5.75 Å². The molecule has 1 aromatic heterocycles. The van der Waals surface area contributed by atoms with Crippen molar-refractivity contribution in [2.45, 2.75) is 26.4 Å². The predicted octanol–water partition coefficient (Wildman–Crippen LogP) is 2.84. The molecular formula is C13H15FN2OS. The minimum Gasteiger partial charge on any atom is -0.505 e. The number of nitrogens with one attached hydrogen (secondary N) is 1. The van der Waals surface area contributed by atoms with Crippen LogP contribution in [-0.4, -0.2) is 10.1 Å². The maximum absolute atomic E-state index is 13.1. The first-order chi connectivity index (χ1) is 8.70. The fourth-order valence-corrected chi connectivity index (χ4v) is 2.43. The molecule has 3 nitrogen and oxygen atoms in total. The molecule has 0 aliphatic carbocycles. The number of hydrogen-bond acceptors (Lipinski definition) is 4. The first-order valence-electron chi connectivity index (χ1n) is 5.81. The van der Waals surface area contributed by atoms with Crippen LogP contribution >= 0.6 is 11.3 Å². The molecule has 18 heavy (non-hydrogen) atoms. The predicted molar refractivity (Wildman–Crippen MR) is 70.1 cm³/mol. The number of phenols is 1. The maximum Gasteiger partial charge on any atom is 0.165 e. The summed E-state index contributed by atoms with van der Waals surface area (Å²) in [6.07, 6.45) is 2.86. The van der Waals surface area contributed by atoms with Crippen LogP contribution < -0.4 is 5.32 Å². The smallest absolute Gasteiger partial charge is 0.165 e. The van der Waals surface area contributed by atoms with Crippen molar-refractivity contribution in [3.63, 3.8) is 0 Å². The highest BCUT2D eigenvalue weighted by molar-refractivity contribution is 7.11. The lowest BCUT2D eigenvalue weighted by Gasteiger charge is -2.05. The van der Waals surface area contributed by atoms with Gasteiger partial charge in [0.15, 0.2) is 11.6 Å². The Morgan fingerprint density at radius 2 is 2.22 bits per heavy atom. The van der Waals surface area contributed by atoms with Crippen LogP contribution in [0.3, 0.4) is 0 Å². The highest BCUT2D eigenvalue weighted by Gasteiger charge is 2.06. The van der Waals surface area contributed by atoms with Gasteiger partial charge in [-0.2, -0.15) is 0 Å². The Hall–Kier alpha value is -1.46. The zero-order valence-electron chi connectivity index (χ0n) is 10.1. The number of halogens is 1. The van der Waals surface area contributed by atoms with Gasteiger partial charge in [0.25, 0.3) is 0 Å². The summed E-state index contributed by atoms with van der Waals surface area (Å²) in [5.41, 5.74) is 0.558. The number of hydrogen-bond donors (Lipinski definition) is 2. The Bertz CT molecular complexity index is 527. The molecule has 1 aromatic carbocycles. The molecule has 96 valence electrons. The van der Waals surface area contributed by atoms with E-state index >= 15 is 0 Å². The Balaban J connectivity index is 1.90. The van der Waals surface area contributed by atoms with Crippen LogP contribution in [0.1, 0.15) is 22.4 Å². The summed E-state index contributed by atoms with van der Waals surface area (Å²) in [7, 11) is 0. The van der Waals surface area contributed by atoms with Crippen molar-refractivity contribution in [3.8, 4) is 5.75 Å². The summed E-state index contributed by atoms with van der Waals surface area (Å²) in [6.45, 7) is 3.14. The maximum atomic E-state index is 13.1. The van der Waals surface area contributed by atoms with Gasteiger partial charge in [-0.1, -0.05) is 19.1 Å². The minimum absolute atomic E-state index is 0.279. The number of aromatic nitrogens is 1. The first kappa shape index (κ1) is 13.0. The lowest BCUT2D eigenvalue weighted by Crippen LogP contribution is -2.12. The minimum atomic E-state index is -0.586. The quantitative estimate of drug-likeness (QED) is 0.874. The van der Waals surface area contributed by atoms with Crippen molar-refractivity contribution in [1.29, 1.82) is 0 Å². The van der Waals surface area contributed by atoms with Gasteiger partial charge in [-0.05, 0) is 12.5 Å². The van der Waals surface area contributed by atoms with Gasteiger partial charge >= 0.3 is 0 Å². The van der Waals surface area contributed by atoms with Gasteiger partial charge in [-0.15, -0.1) is 11.3 Å². The molecular weight excluding hydrogens is 251 g/mol. The first-order valence-corrected chi connectivity index (χ1v) is 6.63. The summed E-state index contributed by atoms with van der Waals surface area (Å²) >= 11 is 1.67. The zero-order chi connectivity index (χ0) is 13.0. The molecule has 2 N–H and O–H groups in total. The van der Waals surface area contributed by atoms with Crippen molar-refractivity contribution < 1.29 is 9.50 Å². The van der Waals surface area contributed by atoms with Gasteiger partial charge in [0, 0.05) is 29.7 Å². The molecule has 0 bridgehead atoms. The van der Waals surface area contributed by atoms with Crippen molar-refractivity contribution in [3.05, 3.63) is 45.7 Å². The summed E-state index contributed by atoms with van der Waals surface area (Å²) in [5.74, 6) is -0.866. The van der Waals surface area contributed by atoms with Gasteiger partial charge in [0.2, 0.25) is 0 Å². The molecule has 0 unspecified atom stereocenters. The van der Waals surface area contributed by atoms with Gasteiger partial charge in [0.1, 0.15) is 5.01 Å². The van der Waals surface area contributed by atoms with Gasteiger partial charge in [0.05, 0.1) is 0 Å². The molecule has 0 radical (unpaired) electrons. The third-order valence-electron chi connectivity index (χ3n) is 2.61. The molecule has 0 fully saturated rings. The van der Waals surface area contributed by atoms with Crippen LogP contribution in [0.25, 0.3) is 0 Å². The number of aryl methyl sites for hydroxylation is 1. The van der Waals surface area contributed by atoms with E-state index in [2.05, 4.69) is 17.2 Å². The van der Waals surface area contributed by atoms with Gasteiger partial charge in [-0.3, -0.25) is 0 Å². The van der Waals surface area contributed by atoms with E-state index < -0.39 is 5.82 Å². The molecule has 1 heterocycles. The van der Waals surface area contributed by atoms with E-state index in [0.29, 0.717) is 18.7 Å². The van der Waals surface area contributed by atoms with E-state index in [9.17, 15) is 9.50 Å². The molecule has 0 spiro atoms. The summed E-state index contributed by atoms with van der Waals surface area (Å²) in [6, 6.07) is 4.53. The highest BCUT2D eigenvalue weighted by atomic mass is 32.1. The number of rotatable bonds is 5. The van der Waals surface area contributed by atoms with Crippen molar-refractivity contribution in [2.24, 2.45) is 0 Å². The van der Waals surface area contributed by atoms with Crippen molar-refractivity contribution >= 4 is 11.3 Å². The summed E-state index contributed by atoms with van der Waals surface area (Å²) in [5, 5.41) is 13.7. The number of para-hydroxylation sites is 1. The van der Waals surface area contributed by atoms with Crippen molar-refractivity contribution in [1.82, 2.24) is 10.3 Å². The molecule has 5 heteroatoms. The normalized spacial score (nSPS) is 10.8. The van der Waals surface area contributed by atoms with Crippen LogP contribution in [0, 0.1) is 5.82 Å². The monoisotopic (exact) mass is 266 g/mol. The molecule has 0 amide bonds. The fourth-order valence-electron chi connectivity index (χ4n) is 1.60. The average Bonchev–Trinajstić information content (AvgIpc) is 2.82. The lowest BCUT2D eigenvalue weighted by atomic mass is 10.2. The largest absolute Gasteiger partial charge is 0.505 e. The van der Waals surface area contributed by atoms with Crippen LogP contribution in [-0.2, 0) is 19.5 Å². The second-order valence-corrected chi connectivity index (χ2v) is 5.12. The van der Waals surface area contributed by atoms with Gasteiger partial charge < -0.3 is 10.4 Å². The molecule has 0 aliphatic heterocycles. The number of benzene rings is 1. The Labute approximate surface area is 109 Å². The third-order valence-corrected chi connectivity index (χ3v) is 3.75. The van der Waals surface area contributed by atoms with Crippen LogP contribution in [0.4, 0.5) is 4.39 Å². The van der Waals surface area contributed by atoms with Crippen LogP contribution in [0.5, 0.6) is 5.75 Å². The SMILES string of the molecule is CCc1cnc(CNCc2cccc(F)c2O)s1. The highest BCUT2D eigenvalue weighted by Crippen LogP contribution is 2.20. The number of aromatic hydroxyl groups is 1. The lowest BCUT2D eigenvalue weighted by molar-refractivity contribution is 0.423. The topological polar surface area (TPSA) is 45.2 Å². The molecule has 2 aromatic rings. The molecule has 0 saturated carbocycles. The molecule has 0 atom stereocenters. The second kappa shape index (κ2) is 5.93. The van der Waals surface area contributed by atoms with E-state index in [1.165, 1.54) is 10.9 Å². The van der Waals surface area contributed by atoms with Gasteiger partial charge in [-0.25, -0.2) is 9.37 Å². The Kier molecular flexibility index (Phi) is 4.28. The summed E-state index contributed by atoms with van der Waals surface area (Å²) in [4.78, 5) is 5.53. The number of nitrogens with zero attached hydrogens (tertiary/aromatic N) is 1. The number of thiazole rings is 1. The van der Waals surface area contributed by atoms with E-state index in [0.717, 1.165) is 11.4 Å². The van der Waals surface area contributed by atoms with Crippen LogP contribution in [0.2, 0.25) is 0 Å². The standard InChI is InChI=1S/C13H15FN2OS/c1-2-10-7-16-12(18-10)8-15-6-9-4-3-5-11(14)13(9)17/h3-5,7,15,17H,2,6,8H2,1H3. The fraction of sp³-hybridized carbons (Fsp3) is 0.308. The van der Waals surface area contributed by atoms with E-state index in [1.54, 1.807) is 23.5 Å². The Morgan fingerprint density at radius 3 is 2.94 bits per heavy atom. The van der Waals surface area contributed by atoms with Crippen molar-refractivity contribution in [2.75, 3.05) is 0 Å². The van der Waals surface area contributed by atoms with E-state index in [1.807, 2.05) is 6.20 Å². The molecule has 0 aliphatic rings. The Morgan fingerprint density at radius 1 is 1.39 bits per heavy atom. The summed E-state index contributed by atoms with van der Waals surface area (Å²) < 4.78 is 13.1. The molecule has 2 rings (SSSR count). The number of phenolic OH excluding ortho intramolecular Hbond substituents is 1. The zero-order valence-corrected chi connectivity index (χ0v) is 10.9. The van der Waals surface area contributed by atoms with Crippen LogP contribution in [0.15, 0.2) is 24.4 Å². The molecule has 0 saturated heterocycles. The van der Waals surface area contributed by atoms with E-state index in [4.69, 9.17) is 0 Å². The average molecular weight is 266 g/mol. The third kappa shape index (κ3) is 3.05. The second-order valence-electron chi connectivity index (χ2n) is 3.92.